The van der Waals surface area contributed by atoms with E-state index in [1.807, 2.05) is 18.2 Å². The molecule has 2 atom stereocenters. The number of amides is 2. The fourth-order valence-electron chi connectivity index (χ4n) is 2.17. The van der Waals surface area contributed by atoms with Crippen molar-refractivity contribution in [2.75, 3.05) is 7.11 Å². The minimum Gasteiger partial charge on any atom is -0.497 e. The van der Waals surface area contributed by atoms with Gasteiger partial charge in [-0.2, -0.15) is 0 Å². The SMILES string of the molecule is COc1ccc(Br)c(CN2C(=O)C(C)NC(=O)C2C)c1. The number of hydrogen-bond acceptors (Lipinski definition) is 3. The van der Waals surface area contributed by atoms with E-state index >= 15 is 0 Å². The molecule has 2 amide bonds. The summed E-state index contributed by atoms with van der Waals surface area (Å²) in [5, 5.41) is 2.67. The summed E-state index contributed by atoms with van der Waals surface area (Å²) in [6, 6.07) is 4.61. The number of carbonyl (C=O) groups is 2. The Labute approximate surface area is 126 Å². The highest BCUT2D eigenvalue weighted by molar-refractivity contribution is 9.10. The Kier molecular flexibility index (Phi) is 4.32. The molecule has 2 rings (SSSR count). The maximum Gasteiger partial charge on any atom is 0.245 e. The topological polar surface area (TPSA) is 58.6 Å². The quantitative estimate of drug-likeness (QED) is 0.910. The molecule has 0 aromatic heterocycles. The molecule has 0 aliphatic carbocycles. The molecule has 1 N–H and O–H groups in total. The summed E-state index contributed by atoms with van der Waals surface area (Å²) in [7, 11) is 1.59. The number of carbonyl (C=O) groups excluding carboxylic acids is 2. The van der Waals surface area contributed by atoms with Gasteiger partial charge in [0.25, 0.3) is 0 Å². The van der Waals surface area contributed by atoms with Crippen LogP contribution in [0.2, 0.25) is 0 Å². The Morgan fingerprint density at radius 2 is 2.05 bits per heavy atom. The van der Waals surface area contributed by atoms with E-state index in [1.165, 1.54) is 0 Å². The van der Waals surface area contributed by atoms with Crippen molar-refractivity contribution in [3.8, 4) is 5.75 Å². The van der Waals surface area contributed by atoms with Gasteiger partial charge in [-0.25, -0.2) is 0 Å². The molecule has 108 valence electrons. The van der Waals surface area contributed by atoms with Crippen molar-refractivity contribution in [1.29, 1.82) is 0 Å². The molecular weight excluding hydrogens is 324 g/mol. The van der Waals surface area contributed by atoms with Gasteiger partial charge < -0.3 is 15.0 Å². The summed E-state index contributed by atoms with van der Waals surface area (Å²) < 4.78 is 6.08. The average molecular weight is 341 g/mol. The molecule has 0 spiro atoms. The Hall–Kier alpha value is -1.56. The summed E-state index contributed by atoms with van der Waals surface area (Å²) in [6.45, 7) is 3.79. The molecule has 5 nitrogen and oxygen atoms in total. The van der Waals surface area contributed by atoms with Gasteiger partial charge in [0.15, 0.2) is 0 Å². The Morgan fingerprint density at radius 3 is 2.70 bits per heavy atom. The first-order chi connectivity index (χ1) is 9.43. The minimum absolute atomic E-state index is 0.0770. The second-order valence-corrected chi connectivity index (χ2v) is 5.68. The van der Waals surface area contributed by atoms with Crippen LogP contribution >= 0.6 is 15.9 Å². The highest BCUT2D eigenvalue weighted by Crippen LogP contribution is 2.25. The van der Waals surface area contributed by atoms with Gasteiger partial charge in [0.05, 0.1) is 7.11 Å². The van der Waals surface area contributed by atoms with E-state index in [4.69, 9.17) is 4.74 Å². The zero-order valence-corrected chi connectivity index (χ0v) is 13.2. The number of benzene rings is 1. The molecule has 1 fully saturated rings. The number of piperazine rings is 1. The number of hydrogen-bond donors (Lipinski definition) is 1. The second kappa shape index (κ2) is 5.83. The van der Waals surface area contributed by atoms with Crippen LogP contribution in [-0.2, 0) is 16.1 Å². The largest absolute Gasteiger partial charge is 0.497 e. The van der Waals surface area contributed by atoms with E-state index in [1.54, 1.807) is 25.9 Å². The zero-order chi connectivity index (χ0) is 14.9. The number of methoxy groups -OCH3 is 1. The van der Waals surface area contributed by atoms with Crippen molar-refractivity contribution >= 4 is 27.7 Å². The molecule has 2 unspecified atom stereocenters. The molecule has 0 bridgehead atoms. The van der Waals surface area contributed by atoms with Crippen molar-refractivity contribution in [1.82, 2.24) is 10.2 Å². The lowest BCUT2D eigenvalue weighted by atomic mass is 10.1. The third-order valence-corrected chi connectivity index (χ3v) is 4.23. The van der Waals surface area contributed by atoms with Gasteiger partial charge in [0.2, 0.25) is 11.8 Å². The number of ether oxygens (including phenoxy) is 1. The van der Waals surface area contributed by atoms with Crippen LogP contribution < -0.4 is 10.1 Å². The summed E-state index contributed by atoms with van der Waals surface area (Å²) >= 11 is 3.46. The summed E-state index contributed by atoms with van der Waals surface area (Å²) in [5.41, 5.74) is 0.909. The van der Waals surface area contributed by atoms with E-state index < -0.39 is 12.1 Å². The van der Waals surface area contributed by atoms with Crippen LogP contribution in [0.3, 0.4) is 0 Å². The van der Waals surface area contributed by atoms with Crippen LogP contribution in [0.5, 0.6) is 5.75 Å². The molecule has 1 aromatic rings. The van der Waals surface area contributed by atoms with Crippen LogP contribution in [-0.4, -0.2) is 35.9 Å². The van der Waals surface area contributed by atoms with Crippen LogP contribution in [0.4, 0.5) is 0 Å². The first kappa shape index (κ1) is 14.8. The standard InChI is InChI=1S/C14H17BrN2O3/c1-8-14(19)17(9(2)13(18)16-8)7-10-6-11(20-3)4-5-12(10)15/h4-6,8-9H,7H2,1-3H3,(H,16,18). The van der Waals surface area contributed by atoms with E-state index in [0.29, 0.717) is 6.54 Å². The van der Waals surface area contributed by atoms with Gasteiger partial charge in [-0.15, -0.1) is 0 Å². The van der Waals surface area contributed by atoms with Crippen molar-refractivity contribution in [2.45, 2.75) is 32.5 Å². The van der Waals surface area contributed by atoms with Gasteiger partial charge in [-0.1, -0.05) is 15.9 Å². The molecule has 1 saturated heterocycles. The Balaban J connectivity index is 2.27. The first-order valence-corrected chi connectivity index (χ1v) is 7.16. The van der Waals surface area contributed by atoms with Gasteiger partial charge in [-0.3, -0.25) is 9.59 Å². The number of nitrogens with zero attached hydrogens (tertiary/aromatic N) is 1. The number of nitrogens with one attached hydrogen (secondary N) is 1. The van der Waals surface area contributed by atoms with E-state index in [0.717, 1.165) is 15.8 Å². The first-order valence-electron chi connectivity index (χ1n) is 6.37. The molecule has 20 heavy (non-hydrogen) atoms. The van der Waals surface area contributed by atoms with Gasteiger partial charge in [0, 0.05) is 11.0 Å². The van der Waals surface area contributed by atoms with Crippen LogP contribution in [0, 0.1) is 0 Å². The van der Waals surface area contributed by atoms with Gasteiger partial charge >= 0.3 is 0 Å². The molecule has 1 aromatic carbocycles. The predicted octanol–water partition coefficient (Wildman–Crippen LogP) is 1.69. The summed E-state index contributed by atoms with van der Waals surface area (Å²) in [6.07, 6.45) is 0. The zero-order valence-electron chi connectivity index (χ0n) is 11.6. The molecule has 1 aliphatic heterocycles. The summed E-state index contributed by atoms with van der Waals surface area (Å²) in [5.74, 6) is 0.515. The molecule has 1 aliphatic rings. The fourth-order valence-corrected chi connectivity index (χ4v) is 2.55. The molecule has 6 heteroatoms. The Bertz CT molecular complexity index is 547. The van der Waals surface area contributed by atoms with E-state index in [9.17, 15) is 9.59 Å². The van der Waals surface area contributed by atoms with Crippen LogP contribution in [0.1, 0.15) is 19.4 Å². The lowest BCUT2D eigenvalue weighted by Crippen LogP contribution is -2.60. The second-order valence-electron chi connectivity index (χ2n) is 4.83. The highest BCUT2D eigenvalue weighted by Gasteiger charge is 2.35. The molecule has 1 heterocycles. The minimum atomic E-state index is -0.483. The molecular formula is C14H17BrN2O3. The smallest absolute Gasteiger partial charge is 0.245 e. The lowest BCUT2D eigenvalue weighted by Gasteiger charge is -2.36. The third-order valence-electron chi connectivity index (χ3n) is 3.45. The van der Waals surface area contributed by atoms with E-state index in [2.05, 4.69) is 21.2 Å². The predicted molar refractivity (Wildman–Crippen MR) is 78.3 cm³/mol. The maximum absolute atomic E-state index is 12.2. The third kappa shape index (κ3) is 2.80. The van der Waals surface area contributed by atoms with Crippen LogP contribution in [0.15, 0.2) is 22.7 Å². The van der Waals surface area contributed by atoms with Crippen molar-refractivity contribution in [2.24, 2.45) is 0 Å². The summed E-state index contributed by atoms with van der Waals surface area (Å²) in [4.78, 5) is 25.6. The number of rotatable bonds is 3. The number of halogens is 1. The normalized spacial score (nSPS) is 22.7. The average Bonchev–Trinajstić information content (AvgIpc) is 2.43. The van der Waals surface area contributed by atoms with Crippen LogP contribution in [0.25, 0.3) is 0 Å². The van der Waals surface area contributed by atoms with Crippen molar-refractivity contribution in [3.05, 3.63) is 28.2 Å². The molecule has 0 saturated carbocycles. The lowest BCUT2D eigenvalue weighted by molar-refractivity contribution is -0.148. The van der Waals surface area contributed by atoms with Crippen molar-refractivity contribution < 1.29 is 14.3 Å². The molecule has 0 radical (unpaired) electrons. The van der Waals surface area contributed by atoms with Gasteiger partial charge in [-0.05, 0) is 37.6 Å². The van der Waals surface area contributed by atoms with E-state index in [-0.39, 0.29) is 11.8 Å². The van der Waals surface area contributed by atoms with Gasteiger partial charge in [0.1, 0.15) is 17.8 Å². The highest BCUT2D eigenvalue weighted by atomic mass is 79.9. The monoisotopic (exact) mass is 340 g/mol. The van der Waals surface area contributed by atoms with Crippen molar-refractivity contribution in [3.63, 3.8) is 0 Å². The maximum atomic E-state index is 12.2. The fraction of sp³-hybridized carbons (Fsp3) is 0.429. The Morgan fingerprint density at radius 1 is 1.35 bits per heavy atom.